The van der Waals surface area contributed by atoms with Gasteiger partial charge in [0, 0.05) is 25.0 Å². The maximum atomic E-state index is 12.2. The molecular weight excluding hydrogens is 288 g/mol. The van der Waals surface area contributed by atoms with Gasteiger partial charge >= 0.3 is 5.97 Å². The summed E-state index contributed by atoms with van der Waals surface area (Å²) < 4.78 is 5.52. The second kappa shape index (κ2) is 7.45. The van der Waals surface area contributed by atoms with E-state index in [1.54, 1.807) is 0 Å². The fourth-order valence-electron chi connectivity index (χ4n) is 3.29. The van der Waals surface area contributed by atoms with Crippen molar-refractivity contribution in [3.63, 3.8) is 0 Å². The SMILES string of the molecule is CNCCC1(CC(=O)OC(C)(C)C)CN(Cc2ccccc2)C1. The Morgan fingerprint density at radius 3 is 2.48 bits per heavy atom. The number of esters is 1. The van der Waals surface area contributed by atoms with Crippen molar-refractivity contribution in [2.75, 3.05) is 26.7 Å². The lowest BCUT2D eigenvalue weighted by Gasteiger charge is -2.50. The highest BCUT2D eigenvalue weighted by Gasteiger charge is 2.44. The van der Waals surface area contributed by atoms with Crippen LogP contribution in [0.25, 0.3) is 0 Å². The van der Waals surface area contributed by atoms with Gasteiger partial charge in [-0.15, -0.1) is 0 Å². The van der Waals surface area contributed by atoms with Crippen LogP contribution in [-0.2, 0) is 16.1 Å². The summed E-state index contributed by atoms with van der Waals surface area (Å²) >= 11 is 0. The number of hydrogen-bond acceptors (Lipinski definition) is 4. The molecule has 1 N–H and O–H groups in total. The van der Waals surface area contributed by atoms with E-state index < -0.39 is 5.60 Å². The van der Waals surface area contributed by atoms with Gasteiger partial charge in [0.05, 0.1) is 6.42 Å². The van der Waals surface area contributed by atoms with Crippen molar-refractivity contribution in [3.8, 4) is 0 Å². The topological polar surface area (TPSA) is 41.6 Å². The van der Waals surface area contributed by atoms with E-state index in [4.69, 9.17) is 4.74 Å². The average molecular weight is 318 g/mol. The summed E-state index contributed by atoms with van der Waals surface area (Å²) in [6, 6.07) is 10.5. The lowest BCUT2D eigenvalue weighted by atomic mass is 9.73. The molecule has 4 heteroatoms. The fourth-order valence-corrected chi connectivity index (χ4v) is 3.29. The first-order valence-corrected chi connectivity index (χ1v) is 8.45. The molecule has 1 fully saturated rings. The molecule has 1 aromatic carbocycles. The molecule has 1 aliphatic heterocycles. The molecule has 4 nitrogen and oxygen atoms in total. The van der Waals surface area contributed by atoms with E-state index in [1.807, 2.05) is 33.9 Å². The molecule has 1 aromatic rings. The van der Waals surface area contributed by atoms with Gasteiger partial charge < -0.3 is 10.1 Å². The summed E-state index contributed by atoms with van der Waals surface area (Å²) in [7, 11) is 1.96. The molecule has 0 radical (unpaired) electrons. The maximum absolute atomic E-state index is 12.2. The van der Waals surface area contributed by atoms with Gasteiger partial charge in [-0.2, -0.15) is 0 Å². The van der Waals surface area contributed by atoms with E-state index in [2.05, 4.69) is 34.5 Å². The van der Waals surface area contributed by atoms with Crippen LogP contribution in [0, 0.1) is 5.41 Å². The van der Waals surface area contributed by atoms with Crippen LogP contribution >= 0.6 is 0 Å². The Hall–Kier alpha value is -1.39. The van der Waals surface area contributed by atoms with E-state index in [9.17, 15) is 4.79 Å². The van der Waals surface area contributed by atoms with Gasteiger partial charge in [-0.1, -0.05) is 30.3 Å². The first kappa shape index (κ1) is 18.0. The third-order valence-corrected chi connectivity index (χ3v) is 4.21. The molecule has 0 spiro atoms. The third-order valence-electron chi connectivity index (χ3n) is 4.21. The number of carbonyl (C=O) groups excluding carboxylic acids is 1. The van der Waals surface area contributed by atoms with Gasteiger partial charge in [-0.3, -0.25) is 9.69 Å². The molecule has 128 valence electrons. The Labute approximate surface area is 140 Å². The molecule has 0 amide bonds. The lowest BCUT2D eigenvalue weighted by Crippen LogP contribution is -2.57. The largest absolute Gasteiger partial charge is 0.460 e. The van der Waals surface area contributed by atoms with Crippen LogP contribution in [0.4, 0.5) is 0 Å². The number of nitrogens with zero attached hydrogens (tertiary/aromatic N) is 1. The van der Waals surface area contributed by atoms with E-state index in [-0.39, 0.29) is 11.4 Å². The molecule has 0 aliphatic carbocycles. The van der Waals surface area contributed by atoms with Crippen LogP contribution in [0.1, 0.15) is 39.2 Å². The number of rotatable bonds is 7. The molecule has 0 bridgehead atoms. The molecule has 0 aromatic heterocycles. The number of carbonyl (C=O) groups is 1. The predicted molar refractivity (Wildman–Crippen MR) is 93.2 cm³/mol. The molecule has 1 aliphatic rings. The Morgan fingerprint density at radius 1 is 1.26 bits per heavy atom. The number of hydrogen-bond donors (Lipinski definition) is 1. The lowest BCUT2D eigenvalue weighted by molar-refractivity contribution is -0.161. The first-order valence-electron chi connectivity index (χ1n) is 8.45. The zero-order valence-electron chi connectivity index (χ0n) is 14.9. The molecule has 2 rings (SSSR count). The van der Waals surface area contributed by atoms with Crippen LogP contribution in [0.3, 0.4) is 0 Å². The predicted octanol–water partition coefficient (Wildman–Crippen LogP) is 2.83. The van der Waals surface area contributed by atoms with E-state index in [0.29, 0.717) is 6.42 Å². The summed E-state index contributed by atoms with van der Waals surface area (Å²) in [5, 5.41) is 3.21. The molecule has 0 atom stereocenters. The van der Waals surface area contributed by atoms with Crippen LogP contribution in [0.2, 0.25) is 0 Å². The summed E-state index contributed by atoms with van der Waals surface area (Å²) in [6.07, 6.45) is 1.52. The summed E-state index contributed by atoms with van der Waals surface area (Å²) in [5.74, 6) is -0.0760. The standard InChI is InChI=1S/C19H30N2O2/c1-18(2,3)23-17(22)12-19(10-11-20-4)14-21(15-19)13-16-8-6-5-7-9-16/h5-9,20H,10-15H2,1-4H3. The Morgan fingerprint density at radius 2 is 1.91 bits per heavy atom. The minimum atomic E-state index is -0.408. The zero-order chi connectivity index (χ0) is 16.9. The molecule has 0 saturated carbocycles. The molecular formula is C19H30N2O2. The number of likely N-dealkylation sites (tertiary alicyclic amines) is 1. The Bertz CT molecular complexity index is 502. The van der Waals surface area contributed by atoms with Gasteiger partial charge in [0.15, 0.2) is 0 Å². The van der Waals surface area contributed by atoms with Crippen molar-refractivity contribution in [2.45, 2.75) is 45.8 Å². The Balaban J connectivity index is 1.90. The number of benzene rings is 1. The van der Waals surface area contributed by atoms with Crippen LogP contribution in [0.5, 0.6) is 0 Å². The van der Waals surface area contributed by atoms with Crippen molar-refractivity contribution in [2.24, 2.45) is 5.41 Å². The quantitative estimate of drug-likeness (QED) is 0.785. The second-order valence-electron chi connectivity index (χ2n) is 7.75. The summed E-state index contributed by atoms with van der Waals surface area (Å²) in [4.78, 5) is 14.6. The highest BCUT2D eigenvalue weighted by atomic mass is 16.6. The monoisotopic (exact) mass is 318 g/mol. The maximum Gasteiger partial charge on any atom is 0.306 e. The third kappa shape index (κ3) is 5.63. The molecule has 23 heavy (non-hydrogen) atoms. The first-order chi connectivity index (χ1) is 10.8. The molecule has 1 saturated heterocycles. The van der Waals surface area contributed by atoms with Gasteiger partial charge in [-0.25, -0.2) is 0 Å². The number of nitrogens with one attached hydrogen (secondary N) is 1. The molecule has 0 unspecified atom stereocenters. The fraction of sp³-hybridized carbons (Fsp3) is 0.632. The van der Waals surface area contributed by atoms with Crippen LogP contribution in [-0.4, -0.2) is 43.2 Å². The smallest absolute Gasteiger partial charge is 0.306 e. The second-order valence-corrected chi connectivity index (χ2v) is 7.75. The normalized spacial score (nSPS) is 17.6. The highest BCUT2D eigenvalue weighted by Crippen LogP contribution is 2.38. The van der Waals surface area contributed by atoms with E-state index in [1.165, 1.54) is 5.56 Å². The van der Waals surface area contributed by atoms with Gasteiger partial charge in [0.1, 0.15) is 5.60 Å². The number of ether oxygens (including phenoxy) is 1. The van der Waals surface area contributed by atoms with E-state index in [0.717, 1.165) is 32.6 Å². The Kier molecular flexibility index (Phi) is 5.82. The average Bonchev–Trinajstić information content (AvgIpc) is 2.42. The van der Waals surface area contributed by atoms with Crippen molar-refractivity contribution in [1.29, 1.82) is 0 Å². The zero-order valence-corrected chi connectivity index (χ0v) is 14.9. The van der Waals surface area contributed by atoms with Crippen LogP contribution < -0.4 is 5.32 Å². The summed E-state index contributed by atoms with van der Waals surface area (Å²) in [5.41, 5.74) is 0.974. The van der Waals surface area contributed by atoms with Crippen molar-refractivity contribution in [1.82, 2.24) is 10.2 Å². The minimum absolute atomic E-state index is 0.0557. The van der Waals surface area contributed by atoms with Crippen molar-refractivity contribution < 1.29 is 9.53 Å². The molecule has 1 heterocycles. The van der Waals surface area contributed by atoms with Gasteiger partial charge in [0.25, 0.3) is 0 Å². The van der Waals surface area contributed by atoms with Crippen molar-refractivity contribution >= 4 is 5.97 Å². The highest BCUT2D eigenvalue weighted by molar-refractivity contribution is 5.71. The van der Waals surface area contributed by atoms with E-state index >= 15 is 0 Å². The van der Waals surface area contributed by atoms with Gasteiger partial charge in [-0.05, 0) is 46.3 Å². The van der Waals surface area contributed by atoms with Crippen molar-refractivity contribution in [3.05, 3.63) is 35.9 Å². The van der Waals surface area contributed by atoms with Crippen LogP contribution in [0.15, 0.2) is 30.3 Å². The van der Waals surface area contributed by atoms with Gasteiger partial charge in [0.2, 0.25) is 0 Å². The minimum Gasteiger partial charge on any atom is -0.460 e. The summed E-state index contributed by atoms with van der Waals surface area (Å²) in [6.45, 7) is 9.58.